The number of rotatable bonds is 1. The molecule has 0 N–H and O–H groups in total. The molecule has 0 spiro atoms. The minimum atomic E-state index is -0.311. The second kappa shape index (κ2) is 3.54. The molecule has 0 aliphatic carbocycles. The molecule has 2 aromatic rings. The Bertz CT molecular complexity index is 537. The van der Waals surface area contributed by atoms with Crippen LogP contribution in [0.5, 0.6) is 0 Å². The number of aromatic nitrogens is 2. The maximum atomic E-state index is 13.0. The summed E-state index contributed by atoms with van der Waals surface area (Å²) >= 11 is 0. The molecule has 0 unspecified atom stereocenters. The van der Waals surface area contributed by atoms with Crippen LogP contribution >= 0.6 is 0 Å². The van der Waals surface area contributed by atoms with Gasteiger partial charge in [-0.3, -0.25) is 0 Å². The van der Waals surface area contributed by atoms with Gasteiger partial charge in [0.15, 0.2) is 0 Å². The molecule has 0 atom stereocenters. The molecule has 15 heavy (non-hydrogen) atoms. The van der Waals surface area contributed by atoms with Crippen LogP contribution in [-0.2, 0) is 7.05 Å². The van der Waals surface area contributed by atoms with Crippen LogP contribution in [-0.4, -0.2) is 9.55 Å². The Morgan fingerprint density at radius 3 is 2.87 bits per heavy atom. The van der Waals surface area contributed by atoms with Crippen molar-refractivity contribution in [3.8, 4) is 17.5 Å². The van der Waals surface area contributed by atoms with Crippen LogP contribution in [0.25, 0.3) is 11.4 Å². The van der Waals surface area contributed by atoms with Gasteiger partial charge in [0.25, 0.3) is 0 Å². The van der Waals surface area contributed by atoms with Crippen molar-refractivity contribution in [1.29, 1.82) is 5.26 Å². The van der Waals surface area contributed by atoms with Crippen molar-refractivity contribution in [3.05, 3.63) is 42.0 Å². The van der Waals surface area contributed by atoms with Gasteiger partial charge >= 0.3 is 0 Å². The third kappa shape index (κ3) is 1.59. The molecule has 1 aromatic heterocycles. The van der Waals surface area contributed by atoms with E-state index < -0.39 is 0 Å². The minimum Gasteiger partial charge on any atom is -0.319 e. The third-order valence-corrected chi connectivity index (χ3v) is 2.19. The van der Waals surface area contributed by atoms with Gasteiger partial charge in [-0.2, -0.15) is 5.26 Å². The monoisotopic (exact) mass is 201 g/mol. The van der Waals surface area contributed by atoms with Crippen molar-refractivity contribution in [1.82, 2.24) is 9.55 Å². The highest BCUT2D eigenvalue weighted by atomic mass is 19.1. The average molecular weight is 201 g/mol. The summed E-state index contributed by atoms with van der Waals surface area (Å²) in [5, 5.41) is 8.75. The van der Waals surface area contributed by atoms with Crippen LogP contribution in [0.4, 0.5) is 4.39 Å². The largest absolute Gasteiger partial charge is 0.319 e. The molecule has 0 saturated carbocycles. The Morgan fingerprint density at radius 2 is 2.27 bits per heavy atom. The van der Waals surface area contributed by atoms with E-state index >= 15 is 0 Å². The number of benzene rings is 1. The lowest BCUT2D eigenvalue weighted by molar-refractivity contribution is 0.628. The Balaban J connectivity index is 2.56. The van der Waals surface area contributed by atoms with Crippen LogP contribution in [0.2, 0.25) is 0 Å². The standard InChI is InChI=1S/C11H8FN3/c1-15-10(6-13)7-14-11(15)8-3-2-4-9(12)5-8/h2-5,7H,1H3. The van der Waals surface area contributed by atoms with Crippen LogP contribution < -0.4 is 0 Å². The molecule has 0 aliphatic rings. The summed E-state index contributed by atoms with van der Waals surface area (Å²) in [6, 6.07) is 8.14. The number of halogens is 1. The second-order valence-corrected chi connectivity index (χ2v) is 3.15. The molecular formula is C11H8FN3. The van der Waals surface area contributed by atoms with Crippen LogP contribution in [0.3, 0.4) is 0 Å². The molecule has 0 aliphatic heterocycles. The lowest BCUT2D eigenvalue weighted by atomic mass is 10.2. The first-order valence-corrected chi connectivity index (χ1v) is 4.40. The predicted octanol–water partition coefficient (Wildman–Crippen LogP) is 2.10. The molecule has 1 aromatic carbocycles. The first-order chi connectivity index (χ1) is 7.22. The third-order valence-electron chi connectivity index (χ3n) is 2.19. The maximum Gasteiger partial charge on any atom is 0.140 e. The topological polar surface area (TPSA) is 41.6 Å². The van der Waals surface area contributed by atoms with Crippen LogP contribution in [0.15, 0.2) is 30.5 Å². The van der Waals surface area contributed by atoms with Crippen molar-refractivity contribution in [2.45, 2.75) is 0 Å². The quantitative estimate of drug-likeness (QED) is 0.709. The van der Waals surface area contributed by atoms with Crippen molar-refractivity contribution in [2.24, 2.45) is 7.05 Å². The smallest absolute Gasteiger partial charge is 0.140 e. The zero-order chi connectivity index (χ0) is 10.8. The summed E-state index contributed by atoms with van der Waals surface area (Å²) in [4.78, 5) is 4.07. The lowest BCUT2D eigenvalue weighted by Crippen LogP contribution is -1.95. The Morgan fingerprint density at radius 1 is 1.47 bits per heavy atom. The number of nitrogens with zero attached hydrogens (tertiary/aromatic N) is 3. The van der Waals surface area contributed by atoms with E-state index in [-0.39, 0.29) is 5.82 Å². The number of hydrogen-bond acceptors (Lipinski definition) is 2. The van der Waals surface area contributed by atoms with Crippen molar-refractivity contribution in [3.63, 3.8) is 0 Å². The molecule has 1 heterocycles. The minimum absolute atomic E-state index is 0.311. The van der Waals surface area contributed by atoms with Gasteiger partial charge in [0, 0.05) is 12.6 Å². The SMILES string of the molecule is Cn1c(C#N)cnc1-c1cccc(F)c1. The molecule has 2 rings (SSSR count). The van der Waals surface area contributed by atoms with Crippen molar-refractivity contribution >= 4 is 0 Å². The van der Waals surface area contributed by atoms with E-state index in [0.29, 0.717) is 17.1 Å². The van der Waals surface area contributed by atoms with E-state index in [1.807, 2.05) is 6.07 Å². The molecule has 0 amide bonds. The van der Waals surface area contributed by atoms with Gasteiger partial charge < -0.3 is 4.57 Å². The van der Waals surface area contributed by atoms with Gasteiger partial charge in [0.1, 0.15) is 23.4 Å². The zero-order valence-corrected chi connectivity index (χ0v) is 8.11. The fourth-order valence-corrected chi connectivity index (χ4v) is 1.41. The van der Waals surface area contributed by atoms with E-state index in [0.717, 1.165) is 0 Å². The molecule has 4 heteroatoms. The summed E-state index contributed by atoms with van der Waals surface area (Å²) < 4.78 is 14.6. The molecule has 0 radical (unpaired) electrons. The van der Waals surface area contributed by atoms with E-state index in [9.17, 15) is 4.39 Å². The zero-order valence-electron chi connectivity index (χ0n) is 8.11. The summed E-state index contributed by atoms with van der Waals surface area (Å²) in [5.41, 5.74) is 1.12. The highest BCUT2D eigenvalue weighted by molar-refractivity contribution is 5.56. The second-order valence-electron chi connectivity index (χ2n) is 3.15. The van der Waals surface area contributed by atoms with Crippen molar-refractivity contribution < 1.29 is 4.39 Å². The van der Waals surface area contributed by atoms with Crippen LogP contribution in [0, 0.1) is 17.1 Å². The van der Waals surface area contributed by atoms with Gasteiger partial charge in [-0.15, -0.1) is 0 Å². The Kier molecular flexibility index (Phi) is 2.22. The molecular weight excluding hydrogens is 193 g/mol. The van der Waals surface area contributed by atoms with E-state index in [1.165, 1.54) is 18.3 Å². The Labute approximate surface area is 86.4 Å². The Hall–Kier alpha value is -2.15. The first-order valence-electron chi connectivity index (χ1n) is 4.40. The van der Waals surface area contributed by atoms with E-state index in [4.69, 9.17) is 5.26 Å². The number of imidazole rings is 1. The maximum absolute atomic E-state index is 13.0. The first kappa shape index (κ1) is 9.41. The van der Waals surface area contributed by atoms with Gasteiger partial charge in [0.05, 0.1) is 6.20 Å². The molecule has 3 nitrogen and oxygen atoms in total. The highest BCUT2D eigenvalue weighted by Gasteiger charge is 2.08. The summed E-state index contributed by atoms with van der Waals surface area (Å²) in [6.07, 6.45) is 1.47. The van der Waals surface area contributed by atoms with E-state index in [2.05, 4.69) is 4.98 Å². The molecule has 0 bridgehead atoms. The highest BCUT2D eigenvalue weighted by Crippen LogP contribution is 2.18. The van der Waals surface area contributed by atoms with Gasteiger partial charge in [-0.1, -0.05) is 12.1 Å². The number of hydrogen-bond donors (Lipinski definition) is 0. The molecule has 0 saturated heterocycles. The van der Waals surface area contributed by atoms with Crippen molar-refractivity contribution in [2.75, 3.05) is 0 Å². The lowest BCUT2D eigenvalue weighted by Gasteiger charge is -2.01. The summed E-state index contributed by atoms with van der Waals surface area (Å²) in [7, 11) is 1.73. The number of nitriles is 1. The summed E-state index contributed by atoms with van der Waals surface area (Å²) in [6.45, 7) is 0. The molecule has 74 valence electrons. The fourth-order valence-electron chi connectivity index (χ4n) is 1.41. The molecule has 0 fully saturated rings. The van der Waals surface area contributed by atoms with E-state index in [1.54, 1.807) is 23.7 Å². The summed E-state index contributed by atoms with van der Waals surface area (Å²) in [5.74, 6) is 0.278. The normalized spacial score (nSPS) is 9.93. The van der Waals surface area contributed by atoms with Gasteiger partial charge in [0.2, 0.25) is 0 Å². The average Bonchev–Trinajstić information content (AvgIpc) is 2.59. The predicted molar refractivity (Wildman–Crippen MR) is 53.3 cm³/mol. The fraction of sp³-hybridized carbons (Fsp3) is 0.0909. The van der Waals surface area contributed by atoms with Crippen LogP contribution in [0.1, 0.15) is 5.69 Å². The van der Waals surface area contributed by atoms with Gasteiger partial charge in [-0.25, -0.2) is 9.37 Å². The van der Waals surface area contributed by atoms with Gasteiger partial charge in [-0.05, 0) is 12.1 Å².